The molecule has 0 bridgehead atoms. The number of aromatic nitrogens is 2. The summed E-state index contributed by atoms with van der Waals surface area (Å²) >= 11 is 0. The summed E-state index contributed by atoms with van der Waals surface area (Å²) in [5.74, 6) is 3.32. The summed E-state index contributed by atoms with van der Waals surface area (Å²) in [6.45, 7) is 1.90. The Kier molecular flexibility index (Phi) is 6.80. The van der Waals surface area contributed by atoms with Gasteiger partial charge in [0.2, 0.25) is 10.0 Å². The van der Waals surface area contributed by atoms with Crippen molar-refractivity contribution >= 4 is 26.7 Å². The molecule has 2 aliphatic rings. The lowest BCUT2D eigenvalue weighted by Gasteiger charge is -2.35. The van der Waals surface area contributed by atoms with E-state index in [-0.39, 0.29) is 0 Å². The average Bonchev–Trinajstić information content (AvgIpc) is 2.92. The van der Waals surface area contributed by atoms with E-state index in [0.29, 0.717) is 48.5 Å². The van der Waals surface area contributed by atoms with E-state index in [1.54, 1.807) is 42.8 Å². The van der Waals surface area contributed by atoms with E-state index in [4.69, 9.17) is 19.4 Å². The second-order valence-electron chi connectivity index (χ2n) is 9.17. The van der Waals surface area contributed by atoms with E-state index in [9.17, 15) is 8.42 Å². The third-order valence-corrected chi connectivity index (χ3v) is 9.00. The molecule has 1 aromatic heterocycles. The summed E-state index contributed by atoms with van der Waals surface area (Å²) in [5, 5.41) is 0.890. The van der Waals surface area contributed by atoms with Crippen LogP contribution in [-0.2, 0) is 10.0 Å². The Hall–Kier alpha value is -2.91. The van der Waals surface area contributed by atoms with Crippen LogP contribution in [0.3, 0.4) is 0 Å². The number of ether oxygens (including phenoxy) is 2. The molecule has 0 spiro atoms. The SMILES string of the molecule is COc1cc2nc(C3CCCCC3)nc(N3CCN(S(=O)(=O)c4ccccc4)CC3)c2cc1OC. The standard InChI is InChI=1S/C26H32N4O4S/c1-33-23-17-21-22(18-24(23)34-2)27-25(19-9-5-3-6-10-19)28-26(21)29-13-15-30(16-14-29)35(31,32)20-11-7-4-8-12-20/h4,7-8,11-12,17-19H,3,5-6,9-10,13-16H2,1-2H3. The van der Waals surface area contributed by atoms with Gasteiger partial charge in [0.05, 0.1) is 24.6 Å². The Labute approximate surface area is 206 Å². The number of methoxy groups -OCH3 is 2. The highest BCUT2D eigenvalue weighted by Gasteiger charge is 2.30. The topological polar surface area (TPSA) is 84.9 Å². The molecule has 0 radical (unpaired) electrons. The van der Waals surface area contributed by atoms with E-state index < -0.39 is 10.0 Å². The van der Waals surface area contributed by atoms with E-state index in [1.807, 2.05) is 18.2 Å². The first-order chi connectivity index (χ1) is 17.0. The number of piperazine rings is 1. The minimum absolute atomic E-state index is 0.331. The Bertz CT molecular complexity index is 1290. The molecule has 0 atom stereocenters. The maximum atomic E-state index is 13.1. The molecule has 1 saturated carbocycles. The molecule has 9 heteroatoms. The molecule has 8 nitrogen and oxygen atoms in total. The molecular formula is C26H32N4O4S. The average molecular weight is 497 g/mol. The van der Waals surface area contributed by atoms with Crippen molar-refractivity contribution in [2.45, 2.75) is 42.9 Å². The van der Waals surface area contributed by atoms with Gasteiger partial charge in [-0.25, -0.2) is 18.4 Å². The number of fused-ring (bicyclic) bond motifs is 1. The molecule has 2 fully saturated rings. The van der Waals surface area contributed by atoms with Crippen molar-refractivity contribution in [1.29, 1.82) is 0 Å². The van der Waals surface area contributed by atoms with Crippen LogP contribution >= 0.6 is 0 Å². The van der Waals surface area contributed by atoms with Crippen molar-refractivity contribution in [3.05, 3.63) is 48.3 Å². The van der Waals surface area contributed by atoms with Crippen LogP contribution in [0.2, 0.25) is 0 Å². The quantitative estimate of drug-likeness (QED) is 0.505. The zero-order valence-electron chi connectivity index (χ0n) is 20.3. The van der Waals surface area contributed by atoms with Gasteiger partial charge in [-0.2, -0.15) is 4.31 Å². The molecule has 0 amide bonds. The maximum absolute atomic E-state index is 13.1. The van der Waals surface area contributed by atoms with Crippen molar-refractivity contribution in [3.63, 3.8) is 0 Å². The van der Waals surface area contributed by atoms with Gasteiger partial charge < -0.3 is 14.4 Å². The summed E-state index contributed by atoms with van der Waals surface area (Å²) < 4.78 is 38.9. The first kappa shape index (κ1) is 23.8. The van der Waals surface area contributed by atoms with Crippen LogP contribution in [0.25, 0.3) is 10.9 Å². The fraction of sp³-hybridized carbons (Fsp3) is 0.462. The molecule has 35 heavy (non-hydrogen) atoms. The lowest BCUT2D eigenvalue weighted by Crippen LogP contribution is -2.49. The Morgan fingerprint density at radius 2 is 1.51 bits per heavy atom. The van der Waals surface area contributed by atoms with Gasteiger partial charge >= 0.3 is 0 Å². The van der Waals surface area contributed by atoms with E-state index in [0.717, 1.165) is 35.4 Å². The third kappa shape index (κ3) is 4.67. The number of benzene rings is 2. The van der Waals surface area contributed by atoms with Gasteiger partial charge in [0.15, 0.2) is 11.5 Å². The van der Waals surface area contributed by atoms with Crippen LogP contribution in [0.1, 0.15) is 43.8 Å². The zero-order valence-corrected chi connectivity index (χ0v) is 21.1. The number of anilines is 1. The minimum Gasteiger partial charge on any atom is -0.493 e. The van der Waals surface area contributed by atoms with Gasteiger partial charge in [0.25, 0.3) is 0 Å². The zero-order chi connectivity index (χ0) is 24.4. The summed E-state index contributed by atoms with van der Waals surface area (Å²) in [5.41, 5.74) is 0.826. The smallest absolute Gasteiger partial charge is 0.243 e. The van der Waals surface area contributed by atoms with E-state index in [2.05, 4.69) is 4.90 Å². The fourth-order valence-electron chi connectivity index (χ4n) is 5.12. The Morgan fingerprint density at radius 3 is 2.17 bits per heavy atom. The summed E-state index contributed by atoms with van der Waals surface area (Å²) in [4.78, 5) is 12.5. The molecule has 1 aliphatic heterocycles. The number of hydrogen-bond donors (Lipinski definition) is 0. The first-order valence-corrected chi connectivity index (χ1v) is 13.7. The van der Waals surface area contributed by atoms with Crippen LogP contribution in [0.5, 0.6) is 11.5 Å². The van der Waals surface area contributed by atoms with Gasteiger partial charge in [-0.15, -0.1) is 0 Å². The molecule has 5 rings (SSSR count). The van der Waals surface area contributed by atoms with Gasteiger partial charge in [-0.3, -0.25) is 0 Å². The number of rotatable bonds is 6. The van der Waals surface area contributed by atoms with Crippen LogP contribution < -0.4 is 14.4 Å². The summed E-state index contributed by atoms with van der Waals surface area (Å²) in [6, 6.07) is 12.5. The van der Waals surface area contributed by atoms with Crippen molar-refractivity contribution < 1.29 is 17.9 Å². The maximum Gasteiger partial charge on any atom is 0.243 e. The highest BCUT2D eigenvalue weighted by atomic mass is 32.2. The largest absolute Gasteiger partial charge is 0.493 e. The predicted molar refractivity (Wildman–Crippen MR) is 136 cm³/mol. The molecule has 1 aliphatic carbocycles. The van der Waals surface area contributed by atoms with Crippen LogP contribution in [0.15, 0.2) is 47.4 Å². The second-order valence-corrected chi connectivity index (χ2v) is 11.1. The Morgan fingerprint density at radius 1 is 0.857 bits per heavy atom. The first-order valence-electron chi connectivity index (χ1n) is 12.2. The normalized spacial score (nSPS) is 18.1. The molecule has 2 aromatic carbocycles. The van der Waals surface area contributed by atoms with Crippen LogP contribution in [0, 0.1) is 0 Å². The van der Waals surface area contributed by atoms with Gasteiger partial charge in [0.1, 0.15) is 11.6 Å². The number of nitrogens with zero attached hydrogens (tertiary/aromatic N) is 4. The molecule has 3 aromatic rings. The second kappa shape index (κ2) is 9.99. The van der Waals surface area contributed by atoms with Crippen molar-refractivity contribution in [3.8, 4) is 11.5 Å². The molecule has 0 unspecified atom stereocenters. The predicted octanol–water partition coefficient (Wildman–Crippen LogP) is 4.21. The van der Waals surface area contributed by atoms with E-state index >= 15 is 0 Å². The van der Waals surface area contributed by atoms with Crippen LogP contribution in [0.4, 0.5) is 5.82 Å². The van der Waals surface area contributed by atoms with Gasteiger partial charge in [-0.1, -0.05) is 37.5 Å². The monoisotopic (exact) mass is 496 g/mol. The van der Waals surface area contributed by atoms with Gasteiger partial charge in [0, 0.05) is 43.5 Å². The van der Waals surface area contributed by atoms with Crippen molar-refractivity contribution in [2.75, 3.05) is 45.3 Å². The lowest BCUT2D eigenvalue weighted by molar-refractivity contribution is 0.355. The highest BCUT2D eigenvalue weighted by molar-refractivity contribution is 7.89. The number of hydrogen-bond acceptors (Lipinski definition) is 7. The molecule has 186 valence electrons. The third-order valence-electron chi connectivity index (χ3n) is 7.09. The van der Waals surface area contributed by atoms with Crippen LogP contribution in [-0.4, -0.2) is 63.1 Å². The fourth-order valence-corrected chi connectivity index (χ4v) is 6.57. The minimum atomic E-state index is -3.52. The highest BCUT2D eigenvalue weighted by Crippen LogP contribution is 2.38. The van der Waals surface area contributed by atoms with Crippen molar-refractivity contribution in [1.82, 2.24) is 14.3 Å². The summed E-state index contributed by atoms with van der Waals surface area (Å²) in [7, 11) is -0.274. The van der Waals surface area contributed by atoms with Crippen molar-refractivity contribution in [2.24, 2.45) is 0 Å². The lowest BCUT2D eigenvalue weighted by atomic mass is 9.88. The molecule has 1 saturated heterocycles. The van der Waals surface area contributed by atoms with Gasteiger partial charge in [-0.05, 0) is 31.0 Å². The number of sulfonamides is 1. The Balaban J connectivity index is 1.49. The summed E-state index contributed by atoms with van der Waals surface area (Å²) in [6.07, 6.45) is 5.86. The molecular weight excluding hydrogens is 464 g/mol. The molecule has 2 heterocycles. The van der Waals surface area contributed by atoms with E-state index in [1.165, 1.54) is 19.3 Å². The molecule has 0 N–H and O–H groups in total.